The molecule has 17 heavy (non-hydrogen) atoms. The Kier molecular flexibility index (Phi) is 3.05. The standard InChI is InChI=1S/C13H14N4/c1-3-5-9(12(14)4-2)11-8-16-17-13-10(11)6-7-15-13/h3-8H,2,14H2,1H3,(H,15,17)/b5-3-,12-9-. The maximum absolute atomic E-state index is 5.95. The van der Waals surface area contributed by atoms with Gasteiger partial charge in [-0.15, -0.1) is 5.10 Å². The first kappa shape index (κ1) is 11.1. The number of rotatable bonds is 3. The molecule has 2 rings (SSSR count). The highest BCUT2D eigenvalue weighted by atomic mass is 15.1. The van der Waals surface area contributed by atoms with Gasteiger partial charge in [-0.05, 0) is 19.1 Å². The van der Waals surface area contributed by atoms with E-state index in [1.54, 1.807) is 12.3 Å². The molecular formula is C13H14N4. The van der Waals surface area contributed by atoms with Crippen molar-refractivity contribution in [1.29, 1.82) is 0 Å². The summed E-state index contributed by atoms with van der Waals surface area (Å²) in [6.07, 6.45) is 9.06. The second-order valence-corrected chi connectivity index (χ2v) is 3.57. The molecule has 0 amide bonds. The number of hydrogen-bond donors (Lipinski definition) is 2. The van der Waals surface area contributed by atoms with Crippen molar-refractivity contribution >= 4 is 16.6 Å². The van der Waals surface area contributed by atoms with E-state index in [9.17, 15) is 0 Å². The summed E-state index contributed by atoms with van der Waals surface area (Å²) in [5.41, 5.74) is 9.18. The zero-order chi connectivity index (χ0) is 12.3. The Balaban J connectivity index is 2.73. The largest absolute Gasteiger partial charge is 0.398 e. The second kappa shape index (κ2) is 4.65. The lowest BCUT2D eigenvalue weighted by Gasteiger charge is -2.06. The van der Waals surface area contributed by atoms with Crippen LogP contribution in [0.1, 0.15) is 12.5 Å². The first-order chi connectivity index (χ1) is 8.27. The van der Waals surface area contributed by atoms with Crippen molar-refractivity contribution in [1.82, 2.24) is 15.2 Å². The fraction of sp³-hybridized carbons (Fsp3) is 0.0769. The molecule has 0 spiro atoms. The molecule has 0 saturated carbocycles. The predicted octanol–water partition coefficient (Wildman–Crippen LogP) is 2.39. The number of nitrogens with one attached hydrogen (secondary N) is 1. The minimum atomic E-state index is 0.624. The number of hydrogen-bond acceptors (Lipinski definition) is 3. The average Bonchev–Trinajstić information content (AvgIpc) is 2.83. The van der Waals surface area contributed by atoms with Crippen LogP contribution in [0, 0.1) is 0 Å². The van der Waals surface area contributed by atoms with E-state index in [2.05, 4.69) is 21.8 Å². The van der Waals surface area contributed by atoms with Crippen molar-refractivity contribution in [2.75, 3.05) is 0 Å². The molecule has 3 N–H and O–H groups in total. The first-order valence-electron chi connectivity index (χ1n) is 5.32. The number of nitrogens with two attached hydrogens (primary N) is 1. The van der Waals surface area contributed by atoms with Crippen molar-refractivity contribution in [3.05, 3.63) is 54.5 Å². The lowest BCUT2D eigenvalue weighted by atomic mass is 10.0. The van der Waals surface area contributed by atoms with E-state index in [1.807, 2.05) is 31.3 Å². The molecule has 0 atom stereocenters. The van der Waals surface area contributed by atoms with Crippen LogP contribution in [0.15, 0.2) is 49.0 Å². The monoisotopic (exact) mass is 226 g/mol. The summed E-state index contributed by atoms with van der Waals surface area (Å²) < 4.78 is 0. The van der Waals surface area contributed by atoms with Crippen LogP contribution < -0.4 is 5.73 Å². The van der Waals surface area contributed by atoms with Crippen LogP contribution >= 0.6 is 0 Å². The highest BCUT2D eigenvalue weighted by Gasteiger charge is 2.08. The Hall–Kier alpha value is -2.36. The van der Waals surface area contributed by atoms with Crippen molar-refractivity contribution in [2.24, 2.45) is 5.73 Å². The molecule has 4 nitrogen and oxygen atoms in total. The molecule has 2 heterocycles. The predicted molar refractivity (Wildman–Crippen MR) is 70.0 cm³/mol. The van der Waals surface area contributed by atoms with Crippen LogP contribution in [0.2, 0.25) is 0 Å². The second-order valence-electron chi connectivity index (χ2n) is 3.57. The normalized spacial score (nSPS) is 13.0. The molecule has 0 aliphatic heterocycles. The van der Waals surface area contributed by atoms with Gasteiger partial charge in [0.15, 0.2) is 5.65 Å². The van der Waals surface area contributed by atoms with Gasteiger partial charge in [0.1, 0.15) is 0 Å². The van der Waals surface area contributed by atoms with Gasteiger partial charge in [-0.3, -0.25) is 0 Å². The van der Waals surface area contributed by atoms with Crippen LogP contribution in [0.5, 0.6) is 0 Å². The lowest BCUT2D eigenvalue weighted by molar-refractivity contribution is 1.05. The van der Waals surface area contributed by atoms with Gasteiger partial charge in [-0.2, -0.15) is 5.10 Å². The zero-order valence-electron chi connectivity index (χ0n) is 9.64. The Morgan fingerprint density at radius 3 is 3.06 bits per heavy atom. The van der Waals surface area contributed by atoms with Crippen LogP contribution in [0.25, 0.3) is 16.6 Å². The Morgan fingerprint density at radius 2 is 2.35 bits per heavy atom. The Morgan fingerprint density at radius 1 is 1.53 bits per heavy atom. The molecule has 0 aromatic carbocycles. The number of nitrogens with zero attached hydrogens (tertiary/aromatic N) is 2. The molecule has 0 saturated heterocycles. The number of aromatic nitrogens is 3. The van der Waals surface area contributed by atoms with Gasteiger partial charge in [0.05, 0.1) is 6.20 Å². The molecule has 0 radical (unpaired) electrons. The molecule has 4 heteroatoms. The van der Waals surface area contributed by atoms with E-state index < -0.39 is 0 Å². The molecule has 0 fully saturated rings. The molecule has 0 aliphatic rings. The number of fused-ring (bicyclic) bond motifs is 1. The highest BCUT2D eigenvalue weighted by Crippen LogP contribution is 2.24. The van der Waals surface area contributed by atoms with Crippen molar-refractivity contribution < 1.29 is 0 Å². The van der Waals surface area contributed by atoms with Gasteiger partial charge in [0.25, 0.3) is 0 Å². The van der Waals surface area contributed by atoms with Crippen LogP contribution in [0.3, 0.4) is 0 Å². The number of H-pyrrole nitrogens is 1. The van der Waals surface area contributed by atoms with Gasteiger partial charge in [-0.1, -0.05) is 18.7 Å². The fourth-order valence-electron chi connectivity index (χ4n) is 1.71. The van der Waals surface area contributed by atoms with E-state index in [0.717, 1.165) is 22.2 Å². The smallest absolute Gasteiger partial charge is 0.160 e. The summed E-state index contributed by atoms with van der Waals surface area (Å²) >= 11 is 0. The molecule has 86 valence electrons. The van der Waals surface area contributed by atoms with E-state index in [-0.39, 0.29) is 0 Å². The third-order valence-corrected chi connectivity index (χ3v) is 2.51. The van der Waals surface area contributed by atoms with Gasteiger partial charge in [0.2, 0.25) is 0 Å². The summed E-state index contributed by atoms with van der Waals surface area (Å²) in [4.78, 5) is 3.03. The van der Waals surface area contributed by atoms with E-state index in [1.165, 1.54) is 0 Å². The molecule has 2 aromatic heterocycles. The summed E-state index contributed by atoms with van der Waals surface area (Å²) in [6.45, 7) is 5.64. The summed E-state index contributed by atoms with van der Waals surface area (Å²) in [5.74, 6) is 0. The van der Waals surface area contributed by atoms with E-state index in [4.69, 9.17) is 5.73 Å². The summed E-state index contributed by atoms with van der Waals surface area (Å²) in [6, 6.07) is 1.96. The average molecular weight is 226 g/mol. The minimum absolute atomic E-state index is 0.624. The van der Waals surface area contributed by atoms with E-state index in [0.29, 0.717) is 5.70 Å². The SMILES string of the molecule is C=C/C(N)=C(\C=C/C)c1cnnc2[nH]ccc12. The highest BCUT2D eigenvalue weighted by molar-refractivity contribution is 5.93. The van der Waals surface area contributed by atoms with Gasteiger partial charge >= 0.3 is 0 Å². The maximum Gasteiger partial charge on any atom is 0.160 e. The van der Waals surface area contributed by atoms with Gasteiger partial charge < -0.3 is 10.7 Å². The molecular weight excluding hydrogens is 212 g/mol. The molecule has 0 bridgehead atoms. The van der Waals surface area contributed by atoms with E-state index >= 15 is 0 Å². The van der Waals surface area contributed by atoms with Crippen molar-refractivity contribution in [2.45, 2.75) is 6.92 Å². The van der Waals surface area contributed by atoms with Crippen molar-refractivity contribution in [3.8, 4) is 0 Å². The first-order valence-corrected chi connectivity index (χ1v) is 5.32. The van der Waals surface area contributed by atoms with Crippen LogP contribution in [0.4, 0.5) is 0 Å². The van der Waals surface area contributed by atoms with Gasteiger partial charge in [-0.25, -0.2) is 0 Å². The maximum atomic E-state index is 5.95. The third kappa shape index (κ3) is 1.97. The topological polar surface area (TPSA) is 67.6 Å². The van der Waals surface area contributed by atoms with Gasteiger partial charge in [0, 0.05) is 28.4 Å². The Bertz CT molecular complexity index is 605. The molecule has 2 aromatic rings. The summed E-state index contributed by atoms with van der Waals surface area (Å²) in [5, 5.41) is 8.97. The molecule has 0 unspecified atom stereocenters. The lowest BCUT2D eigenvalue weighted by Crippen LogP contribution is -1.99. The minimum Gasteiger partial charge on any atom is -0.398 e. The van der Waals surface area contributed by atoms with Crippen LogP contribution in [-0.4, -0.2) is 15.2 Å². The number of aromatic amines is 1. The Labute approximate surface area is 99.6 Å². The summed E-state index contributed by atoms with van der Waals surface area (Å²) in [7, 11) is 0. The third-order valence-electron chi connectivity index (χ3n) is 2.51. The quantitative estimate of drug-likeness (QED) is 0.789. The fourth-order valence-corrected chi connectivity index (χ4v) is 1.71. The zero-order valence-corrected chi connectivity index (χ0v) is 9.64. The van der Waals surface area contributed by atoms with Crippen LogP contribution in [-0.2, 0) is 0 Å². The number of allylic oxidation sites excluding steroid dienone is 4. The van der Waals surface area contributed by atoms with Crippen molar-refractivity contribution in [3.63, 3.8) is 0 Å². The molecule has 0 aliphatic carbocycles.